The number of benzene rings is 1. The van der Waals surface area contributed by atoms with Gasteiger partial charge in [0.15, 0.2) is 0 Å². The topological polar surface area (TPSA) is 64.3 Å². The number of nitrogens with one attached hydrogen (secondary N) is 1. The molecule has 0 aromatic heterocycles. The fraction of sp³-hybridized carbons (Fsp3) is 0.500. The summed E-state index contributed by atoms with van der Waals surface area (Å²) < 4.78 is 5.56. The van der Waals surface area contributed by atoms with E-state index >= 15 is 0 Å². The van der Waals surface area contributed by atoms with Crippen molar-refractivity contribution >= 4 is 23.1 Å². The van der Waals surface area contributed by atoms with Crippen molar-refractivity contribution < 1.29 is 9.53 Å². The number of carbonyl (C=O) groups excluding carboxylic acids is 1. The lowest BCUT2D eigenvalue weighted by atomic mass is 10.2. The normalized spacial score (nSPS) is 10.1. The molecule has 5 heteroatoms. The lowest BCUT2D eigenvalue weighted by molar-refractivity contribution is 0.0953. The van der Waals surface area contributed by atoms with Gasteiger partial charge in [0.05, 0.1) is 11.6 Å². The first-order chi connectivity index (χ1) is 10.1. The number of rotatable bonds is 10. The molecule has 21 heavy (non-hydrogen) atoms. The summed E-state index contributed by atoms with van der Waals surface area (Å²) >= 11 is 4.80. The van der Waals surface area contributed by atoms with Crippen molar-refractivity contribution in [1.82, 2.24) is 5.32 Å². The second kappa shape index (κ2) is 10.2. The van der Waals surface area contributed by atoms with Crippen LogP contribution in [-0.2, 0) is 0 Å². The first-order valence-electron chi connectivity index (χ1n) is 7.43. The zero-order valence-corrected chi connectivity index (χ0v) is 13.4. The fourth-order valence-corrected chi connectivity index (χ4v) is 1.91. The zero-order chi connectivity index (χ0) is 15.5. The Morgan fingerprint density at radius 3 is 2.57 bits per heavy atom. The molecule has 3 N–H and O–H groups in total. The van der Waals surface area contributed by atoms with Gasteiger partial charge in [-0.1, -0.05) is 25.6 Å². The molecule has 1 rings (SSSR count). The molecular weight excluding hydrogens is 284 g/mol. The molecule has 0 radical (unpaired) electrons. The van der Waals surface area contributed by atoms with Gasteiger partial charge in [0.25, 0.3) is 5.91 Å². The largest absolute Gasteiger partial charge is 0.494 e. The van der Waals surface area contributed by atoms with Gasteiger partial charge >= 0.3 is 0 Å². The Morgan fingerprint density at radius 2 is 1.95 bits per heavy atom. The van der Waals surface area contributed by atoms with Gasteiger partial charge in [-0.3, -0.25) is 4.79 Å². The summed E-state index contributed by atoms with van der Waals surface area (Å²) in [6, 6.07) is 7.23. The average molecular weight is 308 g/mol. The van der Waals surface area contributed by atoms with E-state index in [0.29, 0.717) is 23.7 Å². The van der Waals surface area contributed by atoms with Crippen LogP contribution >= 0.6 is 12.2 Å². The summed E-state index contributed by atoms with van der Waals surface area (Å²) in [4.78, 5) is 12.4. The molecule has 4 nitrogen and oxygen atoms in total. The number of hydrogen-bond acceptors (Lipinski definition) is 3. The van der Waals surface area contributed by atoms with Crippen molar-refractivity contribution in [3.8, 4) is 5.75 Å². The van der Waals surface area contributed by atoms with Gasteiger partial charge in [-0.05, 0) is 49.9 Å². The number of ether oxygens (including phenoxy) is 1. The molecule has 0 aliphatic rings. The Labute approximate surface area is 132 Å². The van der Waals surface area contributed by atoms with Crippen LogP contribution in [0.15, 0.2) is 24.3 Å². The van der Waals surface area contributed by atoms with Gasteiger partial charge < -0.3 is 15.8 Å². The van der Waals surface area contributed by atoms with E-state index < -0.39 is 0 Å². The van der Waals surface area contributed by atoms with Gasteiger partial charge in [0, 0.05) is 12.1 Å². The Morgan fingerprint density at radius 1 is 1.24 bits per heavy atom. The third kappa shape index (κ3) is 7.66. The first kappa shape index (κ1) is 17.4. The number of nitrogens with two attached hydrogens (primary N) is 1. The molecule has 0 heterocycles. The molecule has 0 saturated carbocycles. The molecule has 1 aromatic carbocycles. The van der Waals surface area contributed by atoms with Gasteiger partial charge in [-0.2, -0.15) is 0 Å². The SMILES string of the molecule is CCCCOc1ccc(C(=O)NCCCCC(N)=S)cc1. The van der Waals surface area contributed by atoms with Crippen LogP contribution in [0.4, 0.5) is 0 Å². The number of amides is 1. The van der Waals surface area contributed by atoms with Crippen LogP contribution < -0.4 is 15.8 Å². The summed E-state index contributed by atoms with van der Waals surface area (Å²) in [5.41, 5.74) is 6.06. The van der Waals surface area contributed by atoms with E-state index in [9.17, 15) is 4.79 Å². The fourth-order valence-electron chi connectivity index (χ4n) is 1.77. The smallest absolute Gasteiger partial charge is 0.251 e. The summed E-state index contributed by atoms with van der Waals surface area (Å²) in [6.45, 7) is 3.47. The van der Waals surface area contributed by atoms with E-state index in [1.807, 2.05) is 12.1 Å². The van der Waals surface area contributed by atoms with E-state index in [1.54, 1.807) is 12.1 Å². The second-order valence-corrected chi connectivity index (χ2v) is 5.43. The quantitative estimate of drug-likeness (QED) is 0.515. The van der Waals surface area contributed by atoms with Crippen LogP contribution in [0, 0.1) is 0 Å². The highest BCUT2D eigenvalue weighted by Crippen LogP contribution is 2.12. The van der Waals surface area contributed by atoms with E-state index in [4.69, 9.17) is 22.7 Å². The van der Waals surface area contributed by atoms with E-state index in [1.165, 1.54) is 0 Å². The van der Waals surface area contributed by atoms with Gasteiger partial charge in [0.1, 0.15) is 5.75 Å². The molecule has 0 unspecified atom stereocenters. The minimum absolute atomic E-state index is 0.0644. The van der Waals surface area contributed by atoms with Gasteiger partial charge in [-0.25, -0.2) is 0 Å². The van der Waals surface area contributed by atoms with Crippen molar-refractivity contribution in [2.75, 3.05) is 13.2 Å². The van der Waals surface area contributed by atoms with Gasteiger partial charge in [0.2, 0.25) is 0 Å². The highest BCUT2D eigenvalue weighted by molar-refractivity contribution is 7.80. The van der Waals surface area contributed by atoms with Crippen LogP contribution in [0.25, 0.3) is 0 Å². The van der Waals surface area contributed by atoms with E-state index in [0.717, 1.165) is 37.9 Å². The summed E-state index contributed by atoms with van der Waals surface area (Å²) in [6.07, 6.45) is 4.65. The van der Waals surface area contributed by atoms with Crippen molar-refractivity contribution in [2.24, 2.45) is 5.73 Å². The Kier molecular flexibility index (Phi) is 8.43. The number of unbranched alkanes of at least 4 members (excludes halogenated alkanes) is 2. The van der Waals surface area contributed by atoms with Crippen molar-refractivity contribution in [3.63, 3.8) is 0 Å². The Hall–Kier alpha value is -1.62. The molecule has 0 aliphatic heterocycles. The molecule has 0 atom stereocenters. The average Bonchev–Trinajstić information content (AvgIpc) is 2.47. The van der Waals surface area contributed by atoms with Crippen molar-refractivity contribution in [1.29, 1.82) is 0 Å². The maximum absolute atomic E-state index is 11.9. The predicted molar refractivity (Wildman–Crippen MR) is 89.8 cm³/mol. The monoisotopic (exact) mass is 308 g/mol. The maximum Gasteiger partial charge on any atom is 0.251 e. The third-order valence-electron chi connectivity index (χ3n) is 3.02. The molecule has 0 bridgehead atoms. The third-order valence-corrected chi connectivity index (χ3v) is 3.22. The Balaban J connectivity index is 2.29. The number of hydrogen-bond donors (Lipinski definition) is 2. The lowest BCUT2D eigenvalue weighted by Crippen LogP contribution is -2.24. The van der Waals surface area contributed by atoms with Crippen LogP contribution in [-0.4, -0.2) is 24.0 Å². The molecule has 1 aromatic rings. The first-order valence-corrected chi connectivity index (χ1v) is 7.83. The molecule has 116 valence electrons. The molecule has 0 spiro atoms. The lowest BCUT2D eigenvalue weighted by Gasteiger charge is -2.07. The van der Waals surface area contributed by atoms with Crippen molar-refractivity contribution in [2.45, 2.75) is 39.0 Å². The summed E-state index contributed by atoms with van der Waals surface area (Å²) in [5, 5.41) is 2.88. The number of thiocarbonyl (C=S) groups is 1. The highest BCUT2D eigenvalue weighted by Gasteiger charge is 2.04. The standard InChI is InChI=1S/C16H24N2O2S/c1-2-3-12-20-14-9-7-13(8-10-14)16(19)18-11-5-4-6-15(17)21/h7-10H,2-6,11-12H2,1H3,(H2,17,21)(H,18,19). The Bertz CT molecular complexity index is 446. The van der Waals surface area contributed by atoms with E-state index in [2.05, 4.69) is 12.2 Å². The zero-order valence-electron chi connectivity index (χ0n) is 12.6. The molecule has 0 aliphatic carbocycles. The molecular formula is C16H24N2O2S. The summed E-state index contributed by atoms with van der Waals surface area (Å²) in [5.74, 6) is 0.738. The van der Waals surface area contributed by atoms with Crippen LogP contribution in [0.3, 0.4) is 0 Å². The van der Waals surface area contributed by atoms with E-state index in [-0.39, 0.29) is 5.91 Å². The van der Waals surface area contributed by atoms with Crippen LogP contribution in [0.1, 0.15) is 49.4 Å². The highest BCUT2D eigenvalue weighted by atomic mass is 32.1. The van der Waals surface area contributed by atoms with Crippen LogP contribution in [0.5, 0.6) is 5.75 Å². The minimum atomic E-state index is -0.0644. The summed E-state index contributed by atoms with van der Waals surface area (Å²) in [7, 11) is 0. The van der Waals surface area contributed by atoms with Crippen LogP contribution in [0.2, 0.25) is 0 Å². The molecule has 0 fully saturated rings. The number of carbonyl (C=O) groups is 1. The minimum Gasteiger partial charge on any atom is -0.494 e. The molecule has 1 amide bonds. The van der Waals surface area contributed by atoms with Gasteiger partial charge in [-0.15, -0.1) is 0 Å². The van der Waals surface area contributed by atoms with Crippen molar-refractivity contribution in [3.05, 3.63) is 29.8 Å². The molecule has 0 saturated heterocycles. The predicted octanol–water partition coefficient (Wildman–Crippen LogP) is 3.05. The second-order valence-electron chi connectivity index (χ2n) is 4.91. The maximum atomic E-state index is 11.9.